The van der Waals surface area contributed by atoms with Crippen LogP contribution in [0.5, 0.6) is 0 Å². The van der Waals surface area contributed by atoms with E-state index in [-0.39, 0.29) is 5.41 Å². The quantitative estimate of drug-likeness (QED) is 0.182. The molecule has 0 bridgehead atoms. The van der Waals surface area contributed by atoms with Crippen molar-refractivity contribution in [2.45, 2.75) is 38.5 Å². The summed E-state index contributed by atoms with van der Waals surface area (Å²) >= 11 is 0. The minimum atomic E-state index is -0.528. The third kappa shape index (κ3) is 4.30. The molecule has 0 N–H and O–H groups in total. The van der Waals surface area contributed by atoms with Crippen molar-refractivity contribution in [2.75, 3.05) is 4.90 Å². The molecule has 0 unspecified atom stereocenters. The zero-order chi connectivity index (χ0) is 33.3. The number of benzene rings is 6. The molecule has 236 valence electrons. The van der Waals surface area contributed by atoms with E-state index in [1.807, 2.05) is 18.5 Å². The summed E-state index contributed by atoms with van der Waals surface area (Å²) in [5, 5.41) is 0. The molecule has 49 heavy (non-hydrogen) atoms. The molecule has 9 rings (SSSR count). The topological polar surface area (TPSA) is 16.1 Å². The number of anilines is 3. The van der Waals surface area contributed by atoms with Crippen LogP contribution in [0.15, 0.2) is 158 Å². The molecule has 2 nitrogen and oxygen atoms in total. The monoisotopic (exact) mass is 630 g/mol. The zero-order valence-electron chi connectivity index (χ0n) is 28.4. The van der Waals surface area contributed by atoms with Gasteiger partial charge in [0, 0.05) is 40.4 Å². The van der Waals surface area contributed by atoms with Crippen LogP contribution in [-0.4, -0.2) is 4.98 Å². The zero-order valence-corrected chi connectivity index (χ0v) is 28.4. The number of para-hydroxylation sites is 2. The van der Waals surface area contributed by atoms with Crippen molar-refractivity contribution in [3.05, 3.63) is 202 Å². The van der Waals surface area contributed by atoms with E-state index in [0.29, 0.717) is 0 Å². The summed E-state index contributed by atoms with van der Waals surface area (Å²) in [5.74, 6) is 0. The number of aryl methyl sites for hydroxylation is 2. The largest absolute Gasteiger partial charge is 0.310 e. The van der Waals surface area contributed by atoms with Crippen molar-refractivity contribution >= 4 is 17.1 Å². The van der Waals surface area contributed by atoms with Gasteiger partial charge in [-0.2, -0.15) is 0 Å². The first kappa shape index (κ1) is 29.4. The molecule has 0 atom stereocenters. The summed E-state index contributed by atoms with van der Waals surface area (Å²) in [4.78, 5) is 6.96. The van der Waals surface area contributed by atoms with E-state index < -0.39 is 5.41 Å². The third-order valence-corrected chi connectivity index (χ3v) is 10.9. The van der Waals surface area contributed by atoms with Gasteiger partial charge < -0.3 is 4.90 Å². The van der Waals surface area contributed by atoms with E-state index >= 15 is 0 Å². The Morgan fingerprint density at radius 2 is 0.959 bits per heavy atom. The Morgan fingerprint density at radius 3 is 1.49 bits per heavy atom. The maximum absolute atomic E-state index is 4.54. The average molecular weight is 631 g/mol. The molecule has 7 aromatic rings. The first-order valence-corrected chi connectivity index (χ1v) is 17.2. The molecule has 1 heterocycles. The summed E-state index contributed by atoms with van der Waals surface area (Å²) in [7, 11) is 0. The molecule has 0 radical (unpaired) electrons. The summed E-state index contributed by atoms with van der Waals surface area (Å²) in [6.07, 6.45) is 3.86. The Bertz CT molecular complexity index is 2250. The molecule has 0 amide bonds. The molecule has 0 fully saturated rings. The second-order valence-corrected chi connectivity index (χ2v) is 14.2. The average Bonchev–Trinajstić information content (AvgIpc) is 3.56. The second kappa shape index (κ2) is 10.9. The third-order valence-electron chi connectivity index (χ3n) is 10.9. The molecular weight excluding hydrogens is 593 g/mol. The Hall–Kier alpha value is -5.73. The summed E-state index contributed by atoms with van der Waals surface area (Å²) in [6, 6.07) is 54.2. The Balaban J connectivity index is 1.44. The summed E-state index contributed by atoms with van der Waals surface area (Å²) in [5.41, 5.74) is 18.4. The molecule has 0 aliphatic heterocycles. The van der Waals surface area contributed by atoms with Gasteiger partial charge in [-0.05, 0) is 119 Å². The van der Waals surface area contributed by atoms with Crippen molar-refractivity contribution in [3.63, 3.8) is 0 Å². The predicted molar refractivity (Wildman–Crippen MR) is 203 cm³/mol. The summed E-state index contributed by atoms with van der Waals surface area (Å²) < 4.78 is 0. The van der Waals surface area contributed by atoms with Crippen LogP contribution in [-0.2, 0) is 10.8 Å². The minimum Gasteiger partial charge on any atom is -0.310 e. The Labute approximate surface area is 289 Å². The molecule has 1 aromatic heterocycles. The van der Waals surface area contributed by atoms with Gasteiger partial charge in [0.15, 0.2) is 0 Å². The van der Waals surface area contributed by atoms with Crippen LogP contribution in [0.4, 0.5) is 17.1 Å². The van der Waals surface area contributed by atoms with E-state index in [1.54, 1.807) is 0 Å². The molecule has 2 heteroatoms. The molecule has 0 saturated carbocycles. The fraction of sp³-hybridized carbons (Fsp3) is 0.128. The second-order valence-electron chi connectivity index (χ2n) is 14.2. The van der Waals surface area contributed by atoms with E-state index in [9.17, 15) is 0 Å². The Kier molecular flexibility index (Phi) is 6.54. The maximum Gasteiger partial charge on any atom is 0.0714 e. The fourth-order valence-corrected chi connectivity index (χ4v) is 8.50. The Morgan fingerprint density at radius 1 is 0.469 bits per heavy atom. The van der Waals surface area contributed by atoms with Gasteiger partial charge in [0.2, 0.25) is 0 Å². The van der Waals surface area contributed by atoms with Crippen molar-refractivity contribution < 1.29 is 0 Å². The molecule has 2 aliphatic rings. The van der Waals surface area contributed by atoms with Crippen molar-refractivity contribution in [1.29, 1.82) is 0 Å². The minimum absolute atomic E-state index is 0.214. The van der Waals surface area contributed by atoms with Crippen LogP contribution in [0.3, 0.4) is 0 Å². The lowest BCUT2D eigenvalue weighted by Gasteiger charge is -2.38. The van der Waals surface area contributed by atoms with Gasteiger partial charge in [-0.3, -0.25) is 4.98 Å². The highest BCUT2D eigenvalue weighted by Crippen LogP contribution is 2.65. The van der Waals surface area contributed by atoms with Crippen molar-refractivity contribution in [1.82, 2.24) is 4.98 Å². The highest BCUT2D eigenvalue weighted by atomic mass is 15.1. The number of rotatable bonds is 6. The van der Waals surface area contributed by atoms with Crippen LogP contribution >= 0.6 is 0 Å². The number of nitrogens with zero attached hydrogens (tertiary/aromatic N) is 2. The molecule has 2 aliphatic carbocycles. The standard InChI is InChI=1S/C47H38N2/c1-31-17-21-35(22-18-31)47(36-23-19-32(2)20-24-36)42-27-34(33-12-11-25-48-30-33)26-40-44(42)45-41(46(40,3)4)28-39(29-43(45)47)49(37-13-7-5-8-14-37)38-15-9-6-10-16-38/h5-30H,1-4H3. The van der Waals surface area contributed by atoms with Crippen LogP contribution in [0.1, 0.15) is 58.4 Å². The van der Waals surface area contributed by atoms with Gasteiger partial charge in [0.25, 0.3) is 0 Å². The first-order valence-electron chi connectivity index (χ1n) is 17.2. The van der Waals surface area contributed by atoms with Gasteiger partial charge in [-0.1, -0.05) is 116 Å². The predicted octanol–water partition coefficient (Wildman–Crippen LogP) is 11.8. The van der Waals surface area contributed by atoms with E-state index in [1.165, 1.54) is 66.9 Å². The number of hydrogen-bond acceptors (Lipinski definition) is 2. The van der Waals surface area contributed by atoms with Gasteiger partial charge in [-0.25, -0.2) is 0 Å². The van der Waals surface area contributed by atoms with Crippen LogP contribution in [0, 0.1) is 13.8 Å². The van der Waals surface area contributed by atoms with Crippen LogP contribution in [0.2, 0.25) is 0 Å². The molecular formula is C47H38N2. The lowest BCUT2D eigenvalue weighted by atomic mass is 9.65. The first-order chi connectivity index (χ1) is 23.9. The smallest absolute Gasteiger partial charge is 0.0714 e. The molecule has 0 spiro atoms. The normalized spacial score (nSPS) is 14.4. The highest BCUT2D eigenvalue weighted by molar-refractivity contribution is 5.99. The van der Waals surface area contributed by atoms with Gasteiger partial charge >= 0.3 is 0 Å². The highest BCUT2D eigenvalue weighted by Gasteiger charge is 2.53. The van der Waals surface area contributed by atoms with Crippen LogP contribution in [0.25, 0.3) is 22.3 Å². The lowest BCUT2D eigenvalue weighted by Crippen LogP contribution is -2.31. The van der Waals surface area contributed by atoms with Gasteiger partial charge in [0.05, 0.1) is 5.41 Å². The number of aromatic nitrogens is 1. The van der Waals surface area contributed by atoms with Crippen molar-refractivity contribution in [2.24, 2.45) is 0 Å². The van der Waals surface area contributed by atoms with Crippen LogP contribution < -0.4 is 4.90 Å². The van der Waals surface area contributed by atoms with Crippen molar-refractivity contribution in [3.8, 4) is 22.3 Å². The van der Waals surface area contributed by atoms with E-state index in [2.05, 4.69) is 177 Å². The van der Waals surface area contributed by atoms with E-state index in [0.717, 1.165) is 16.9 Å². The molecule has 6 aromatic carbocycles. The van der Waals surface area contributed by atoms with Gasteiger partial charge in [0.1, 0.15) is 0 Å². The lowest BCUT2D eigenvalue weighted by molar-refractivity contribution is 0.652. The number of hydrogen-bond donors (Lipinski definition) is 0. The fourth-order valence-electron chi connectivity index (χ4n) is 8.50. The maximum atomic E-state index is 4.54. The summed E-state index contributed by atoms with van der Waals surface area (Å²) in [6.45, 7) is 9.16. The van der Waals surface area contributed by atoms with Gasteiger partial charge in [-0.15, -0.1) is 0 Å². The number of pyridine rings is 1. The molecule has 0 saturated heterocycles. The SMILES string of the molecule is Cc1ccc(C2(c3ccc(C)cc3)c3cc(-c4cccnc4)cc4c3-c3c(cc(N(c5ccccc5)c5ccccc5)cc32)C4(C)C)cc1. The van der Waals surface area contributed by atoms with E-state index in [4.69, 9.17) is 0 Å².